The summed E-state index contributed by atoms with van der Waals surface area (Å²) in [6.45, 7) is 49.1. The fourth-order valence-electron chi connectivity index (χ4n) is 12.4. The topological polar surface area (TPSA) is 31.8 Å². The number of hydrogen-bond acceptors (Lipinski definition) is 5. The van der Waals surface area contributed by atoms with Crippen LogP contribution in [0.2, 0.25) is 0 Å². The third kappa shape index (κ3) is 11.6. The number of para-hydroxylation sites is 3. The standard InChI is InChI=1S/C80H87N4O.Pt/c1-50-40-53(76(6,7)8)44-65(79(15,16)17)72(50)63-42-55(78(12,13)14)43-64(73-51(2)41-54(77(9,10)11)45-66(73)80(18,19)20)74(63)83-49-82(68-34-25-26-35-69(68)83)56-28-27-29-57(47-56)85-58-36-37-62-60-31-22-21-30-59(60)61-32-23-24-33-67(61)84(70(62)48-58)71-46-52(38-39-81-71)75(3,4)5;/h21-46,49H,1-20H3;/q-3;. The monoisotopic (exact) mass is 1310 g/mol. The fraction of sp³-hybridized carbons (Fsp3) is 0.325. The quantitative estimate of drug-likeness (QED) is 0.149. The largest absolute Gasteiger partial charge is 0.509 e. The van der Waals surface area contributed by atoms with Gasteiger partial charge in [0.25, 0.3) is 0 Å². The van der Waals surface area contributed by atoms with E-state index in [1.165, 1.54) is 66.8 Å². The molecule has 0 N–H and O–H groups in total. The molecule has 0 unspecified atom stereocenters. The summed E-state index contributed by atoms with van der Waals surface area (Å²) in [7, 11) is 0. The van der Waals surface area contributed by atoms with Gasteiger partial charge in [-0.1, -0.05) is 215 Å². The van der Waals surface area contributed by atoms with Gasteiger partial charge in [-0.2, -0.15) is 12.1 Å². The molecular weight excluding hydrogens is 1230 g/mol. The Kier molecular flexibility index (Phi) is 16.0. The number of ether oxygens (including phenoxy) is 1. The van der Waals surface area contributed by atoms with Gasteiger partial charge in [-0.3, -0.25) is 0 Å². The Hall–Kier alpha value is -7.20. The first-order valence-corrected chi connectivity index (χ1v) is 30.5. The molecule has 5 nitrogen and oxygen atoms in total. The normalized spacial score (nSPS) is 13.6. The third-order valence-corrected chi connectivity index (χ3v) is 17.3. The van der Waals surface area contributed by atoms with Crippen molar-refractivity contribution in [2.45, 2.75) is 171 Å². The Balaban J connectivity index is 0.00000820. The number of hydrogen-bond donors (Lipinski definition) is 0. The summed E-state index contributed by atoms with van der Waals surface area (Å²) in [6, 6.07) is 63.4. The zero-order chi connectivity index (χ0) is 61.1. The Morgan fingerprint density at radius 1 is 0.395 bits per heavy atom. The average Bonchev–Trinajstić information content (AvgIpc) is 1.25. The van der Waals surface area contributed by atoms with Crippen LogP contribution in [0.15, 0.2) is 158 Å². The molecule has 0 aliphatic carbocycles. The summed E-state index contributed by atoms with van der Waals surface area (Å²) in [6.07, 6.45) is 1.93. The average molecular weight is 1320 g/mol. The van der Waals surface area contributed by atoms with Crippen molar-refractivity contribution < 1.29 is 25.8 Å². The molecule has 3 heterocycles. The molecular formula is C80H87N4OPt-3. The van der Waals surface area contributed by atoms with E-state index in [-0.39, 0.29) is 53.6 Å². The minimum Gasteiger partial charge on any atom is -0.509 e. The van der Waals surface area contributed by atoms with Gasteiger partial charge < -0.3 is 19.4 Å². The number of anilines is 7. The van der Waals surface area contributed by atoms with Crippen LogP contribution in [0.3, 0.4) is 0 Å². The summed E-state index contributed by atoms with van der Waals surface area (Å²) in [5.74, 6) is 1.98. The maximum Gasteiger partial charge on any atom is 0.135 e. The van der Waals surface area contributed by atoms with E-state index < -0.39 is 0 Å². The van der Waals surface area contributed by atoms with Gasteiger partial charge in [0.15, 0.2) is 0 Å². The molecule has 0 amide bonds. The maximum atomic E-state index is 6.99. The van der Waals surface area contributed by atoms with Gasteiger partial charge in [-0.15, -0.1) is 48.3 Å². The smallest absolute Gasteiger partial charge is 0.135 e. The molecule has 0 saturated carbocycles. The predicted molar refractivity (Wildman–Crippen MR) is 362 cm³/mol. The second kappa shape index (κ2) is 22.2. The molecule has 11 rings (SSSR count). The van der Waals surface area contributed by atoms with Gasteiger partial charge in [-0.05, 0) is 150 Å². The van der Waals surface area contributed by atoms with Crippen LogP contribution in [0.4, 0.5) is 39.9 Å². The number of fused-ring (bicyclic) bond motifs is 6. The molecule has 2 aliphatic rings. The minimum atomic E-state index is -0.179. The maximum absolute atomic E-state index is 6.99. The predicted octanol–water partition coefficient (Wildman–Crippen LogP) is 22.7. The van der Waals surface area contributed by atoms with E-state index in [1.807, 2.05) is 18.3 Å². The summed E-state index contributed by atoms with van der Waals surface area (Å²) in [4.78, 5) is 12.1. The van der Waals surface area contributed by atoms with Crippen LogP contribution >= 0.6 is 0 Å². The van der Waals surface area contributed by atoms with Gasteiger partial charge in [0.1, 0.15) is 5.82 Å². The second-order valence-electron chi connectivity index (χ2n) is 30.1. The second-order valence-corrected chi connectivity index (χ2v) is 30.1. The van der Waals surface area contributed by atoms with E-state index in [0.717, 1.165) is 62.2 Å². The Bertz CT molecular complexity index is 3960. The number of aromatic nitrogens is 1. The van der Waals surface area contributed by atoms with Crippen LogP contribution in [0.25, 0.3) is 44.5 Å². The van der Waals surface area contributed by atoms with Crippen molar-refractivity contribution in [2.75, 3.05) is 14.7 Å². The van der Waals surface area contributed by atoms with Crippen molar-refractivity contribution in [3.8, 4) is 56.0 Å². The van der Waals surface area contributed by atoms with Crippen molar-refractivity contribution in [1.29, 1.82) is 0 Å². The zero-order valence-corrected chi connectivity index (χ0v) is 56.9. The molecule has 0 bridgehead atoms. The minimum absolute atomic E-state index is 0. The summed E-state index contributed by atoms with van der Waals surface area (Å²) in [5, 5.41) is 0. The molecule has 0 saturated heterocycles. The van der Waals surface area contributed by atoms with Gasteiger partial charge >= 0.3 is 0 Å². The third-order valence-electron chi connectivity index (χ3n) is 17.3. The van der Waals surface area contributed by atoms with E-state index in [9.17, 15) is 0 Å². The van der Waals surface area contributed by atoms with E-state index in [0.29, 0.717) is 11.5 Å². The molecule has 0 radical (unpaired) electrons. The zero-order valence-electron chi connectivity index (χ0n) is 54.6. The summed E-state index contributed by atoms with van der Waals surface area (Å²) < 4.78 is 6.99. The molecule has 2 aliphatic heterocycles. The van der Waals surface area contributed by atoms with Crippen molar-refractivity contribution in [3.05, 3.63) is 221 Å². The van der Waals surface area contributed by atoms with Gasteiger partial charge in [0.05, 0.1) is 5.69 Å². The Labute approximate surface area is 530 Å². The van der Waals surface area contributed by atoms with Crippen LogP contribution < -0.4 is 19.4 Å². The molecule has 0 atom stereocenters. The summed E-state index contributed by atoms with van der Waals surface area (Å²) in [5.41, 5.74) is 25.2. The van der Waals surface area contributed by atoms with Crippen molar-refractivity contribution in [3.63, 3.8) is 0 Å². The van der Waals surface area contributed by atoms with Crippen LogP contribution in [0.5, 0.6) is 11.5 Å². The number of aryl methyl sites for hydroxylation is 2. The molecule has 1 aromatic heterocycles. The van der Waals surface area contributed by atoms with E-state index in [2.05, 4.69) is 312 Å². The number of rotatable bonds is 7. The van der Waals surface area contributed by atoms with Gasteiger partial charge in [-0.25, -0.2) is 4.98 Å². The molecule has 8 aromatic carbocycles. The van der Waals surface area contributed by atoms with Gasteiger partial charge in [0.2, 0.25) is 0 Å². The van der Waals surface area contributed by atoms with Crippen molar-refractivity contribution >= 4 is 39.9 Å². The first-order chi connectivity index (χ1) is 39.8. The number of nitrogens with zero attached hydrogens (tertiary/aromatic N) is 4. The van der Waals surface area contributed by atoms with Crippen LogP contribution in [0.1, 0.15) is 169 Å². The fourth-order valence-corrected chi connectivity index (χ4v) is 12.4. The number of pyridine rings is 1. The number of benzene rings is 8. The Morgan fingerprint density at radius 2 is 0.860 bits per heavy atom. The van der Waals surface area contributed by atoms with Crippen molar-refractivity contribution in [1.82, 2.24) is 4.98 Å². The van der Waals surface area contributed by atoms with E-state index >= 15 is 0 Å². The molecule has 0 spiro atoms. The molecule has 446 valence electrons. The Morgan fingerprint density at radius 3 is 1.38 bits per heavy atom. The first-order valence-electron chi connectivity index (χ1n) is 30.5. The van der Waals surface area contributed by atoms with E-state index in [4.69, 9.17) is 9.72 Å². The van der Waals surface area contributed by atoms with Crippen LogP contribution in [-0.4, -0.2) is 4.98 Å². The van der Waals surface area contributed by atoms with Crippen molar-refractivity contribution in [2.24, 2.45) is 0 Å². The molecule has 0 fully saturated rings. The van der Waals surface area contributed by atoms with E-state index in [1.54, 1.807) is 0 Å². The molecule has 6 heteroatoms. The molecule has 9 aromatic rings. The summed E-state index contributed by atoms with van der Waals surface area (Å²) >= 11 is 0. The van der Waals surface area contributed by atoms with Crippen LogP contribution in [-0.2, 0) is 53.6 Å². The first kappa shape index (κ1) is 61.9. The SMILES string of the molecule is Cc1cc(C(C)(C)C)cc(C(C)(C)C)c1-c1cc(C(C)(C)C)cc(-c2c(C)cc(C(C)(C)C)cc2C(C)(C)C)c1N1[CH-]N(c2[c-]c(Oc3[c-]c4c(cc3)-c3ccccc3-c3ccccc3N4c3cc(C(C)(C)C)ccn3)ccc2)c2ccccc21.[Pt]. The van der Waals surface area contributed by atoms with Crippen LogP contribution in [0, 0.1) is 32.6 Å². The van der Waals surface area contributed by atoms with Gasteiger partial charge in [0, 0.05) is 72.5 Å². The molecule has 86 heavy (non-hydrogen) atoms.